The molecule has 0 amide bonds. The summed E-state index contributed by atoms with van der Waals surface area (Å²) in [5.41, 5.74) is 1.37. The van der Waals surface area contributed by atoms with Gasteiger partial charge in [-0.05, 0) is 0 Å². The largest absolute Gasteiger partial charge is 1.00 e. The molecule has 0 saturated carbocycles. The summed E-state index contributed by atoms with van der Waals surface area (Å²) in [7, 11) is 1.70. The summed E-state index contributed by atoms with van der Waals surface area (Å²) in [6.45, 7) is 0. The number of hydrogen-bond donors (Lipinski definition) is 0. The Bertz CT molecular complexity index is 196. The maximum atomic E-state index is 5.07. The summed E-state index contributed by atoms with van der Waals surface area (Å²) in [5.74, 6) is 0.964. The summed E-state index contributed by atoms with van der Waals surface area (Å²) in [6.07, 6.45) is 0. The van der Waals surface area contributed by atoms with Crippen molar-refractivity contribution in [2.75, 3.05) is 7.11 Å². The molecule has 0 aliphatic rings. The molecule has 3 heteroatoms. The Hall–Kier alpha value is -0.0666. The van der Waals surface area contributed by atoms with Gasteiger partial charge in [-0.3, -0.25) is 0 Å². The zero-order valence-electron chi connectivity index (χ0n) is 6.51. The zero-order valence-corrected chi connectivity index (χ0v) is 10.2. The third-order valence-electron chi connectivity index (χ3n) is 1.42. The van der Waals surface area contributed by atoms with E-state index < -0.39 is 0 Å². The molecule has 0 unspecified atom stereocenters. The SMILES string of the molecule is COc1cccc([CH2][Zn+])c1.[Cl-]. The second-order valence-electron chi connectivity index (χ2n) is 2.10. The van der Waals surface area contributed by atoms with E-state index in [-0.39, 0.29) is 12.4 Å². The van der Waals surface area contributed by atoms with Crippen LogP contribution in [-0.2, 0) is 23.3 Å². The van der Waals surface area contributed by atoms with Crippen molar-refractivity contribution >= 4 is 0 Å². The predicted molar refractivity (Wildman–Crippen MR) is 36.7 cm³/mol. The first-order chi connectivity index (χ1) is 4.86. The zero-order chi connectivity index (χ0) is 7.40. The summed E-state index contributed by atoms with van der Waals surface area (Å²) < 4.78 is 5.07. The first-order valence-corrected chi connectivity index (χ1v) is 5.39. The second kappa shape index (κ2) is 5.57. The van der Waals surface area contributed by atoms with Crippen LogP contribution in [0.2, 0.25) is 0 Å². The fourth-order valence-corrected chi connectivity index (χ4v) is 1.48. The molecule has 0 aliphatic carbocycles. The summed E-state index contributed by atoms with van der Waals surface area (Å²) >= 11 is 1.31. The van der Waals surface area contributed by atoms with E-state index in [0.717, 1.165) is 5.75 Å². The fourth-order valence-electron chi connectivity index (χ4n) is 0.828. The molecule has 1 nitrogen and oxygen atoms in total. The molecule has 56 valence electrons. The third kappa shape index (κ3) is 3.22. The molecule has 1 rings (SSSR count). The Morgan fingerprint density at radius 3 is 2.73 bits per heavy atom. The van der Waals surface area contributed by atoms with Crippen LogP contribution in [0.4, 0.5) is 0 Å². The molecule has 0 aliphatic heterocycles. The van der Waals surface area contributed by atoms with E-state index in [2.05, 4.69) is 12.1 Å². The van der Waals surface area contributed by atoms with E-state index in [9.17, 15) is 0 Å². The van der Waals surface area contributed by atoms with Crippen LogP contribution in [0.5, 0.6) is 5.75 Å². The van der Waals surface area contributed by atoms with Crippen molar-refractivity contribution in [3.05, 3.63) is 29.8 Å². The molecule has 0 bridgehead atoms. The molecule has 0 atom stereocenters. The molecule has 0 spiro atoms. The Labute approximate surface area is 83.2 Å². The van der Waals surface area contributed by atoms with Gasteiger partial charge >= 0.3 is 70.7 Å². The number of benzene rings is 1. The minimum Gasteiger partial charge on any atom is -1.00 e. The van der Waals surface area contributed by atoms with Gasteiger partial charge in [-0.15, -0.1) is 0 Å². The van der Waals surface area contributed by atoms with Gasteiger partial charge in [0.15, 0.2) is 0 Å². The number of methoxy groups -OCH3 is 1. The van der Waals surface area contributed by atoms with E-state index >= 15 is 0 Å². The van der Waals surface area contributed by atoms with Crippen molar-refractivity contribution in [3.63, 3.8) is 0 Å². The quantitative estimate of drug-likeness (QED) is 0.568. The summed E-state index contributed by atoms with van der Waals surface area (Å²) in [6, 6.07) is 8.22. The standard InChI is InChI=1S/C8H9O.ClH.Zn/c1-7-4-3-5-8(6-7)9-2;;/h3-6H,1H2,2H3;1H;/q;;+1/p-1. The molecule has 0 radical (unpaired) electrons. The Kier molecular flexibility index (Phi) is 5.53. The molecular weight excluding hydrogens is 213 g/mol. The maximum absolute atomic E-state index is 5.07. The third-order valence-corrected chi connectivity index (χ3v) is 2.63. The summed E-state index contributed by atoms with van der Waals surface area (Å²) in [5, 5.41) is 1.19. The molecule has 0 heterocycles. The smallest absolute Gasteiger partial charge is 1.00 e. The minimum atomic E-state index is 0. The van der Waals surface area contributed by atoms with Crippen molar-refractivity contribution in [3.8, 4) is 5.75 Å². The van der Waals surface area contributed by atoms with E-state index in [4.69, 9.17) is 4.74 Å². The van der Waals surface area contributed by atoms with Crippen molar-refractivity contribution in [1.29, 1.82) is 0 Å². The maximum Gasteiger partial charge on any atom is -1.00 e. The van der Waals surface area contributed by atoms with Crippen molar-refractivity contribution < 1.29 is 35.4 Å². The van der Waals surface area contributed by atoms with E-state index in [1.54, 1.807) is 7.11 Å². The van der Waals surface area contributed by atoms with Crippen LogP contribution in [0.3, 0.4) is 0 Å². The average molecular weight is 222 g/mol. The van der Waals surface area contributed by atoms with Gasteiger partial charge in [0, 0.05) is 0 Å². The molecule has 0 aromatic heterocycles. The van der Waals surface area contributed by atoms with Crippen LogP contribution in [0.15, 0.2) is 24.3 Å². The van der Waals surface area contributed by atoms with Gasteiger partial charge in [0.25, 0.3) is 0 Å². The van der Waals surface area contributed by atoms with Crippen LogP contribution in [0, 0.1) is 0 Å². The number of ether oxygens (including phenoxy) is 1. The average Bonchev–Trinajstić information content (AvgIpc) is 2.05. The van der Waals surface area contributed by atoms with E-state index in [1.807, 2.05) is 12.1 Å². The summed E-state index contributed by atoms with van der Waals surface area (Å²) in [4.78, 5) is 0. The van der Waals surface area contributed by atoms with Gasteiger partial charge in [-0.25, -0.2) is 0 Å². The van der Waals surface area contributed by atoms with Gasteiger partial charge < -0.3 is 12.4 Å². The van der Waals surface area contributed by atoms with Crippen LogP contribution in [0.1, 0.15) is 5.56 Å². The van der Waals surface area contributed by atoms with Crippen molar-refractivity contribution in [2.45, 2.75) is 5.02 Å². The van der Waals surface area contributed by atoms with Crippen molar-refractivity contribution in [2.24, 2.45) is 0 Å². The first kappa shape index (κ1) is 10.9. The molecule has 1 aromatic rings. The second-order valence-corrected chi connectivity index (χ2v) is 3.15. The van der Waals surface area contributed by atoms with Crippen LogP contribution in [-0.4, -0.2) is 7.11 Å². The van der Waals surface area contributed by atoms with E-state index in [0.29, 0.717) is 0 Å². The predicted octanol–water partition coefficient (Wildman–Crippen LogP) is -1.25. The van der Waals surface area contributed by atoms with Crippen LogP contribution >= 0.6 is 0 Å². The molecule has 0 saturated heterocycles. The Morgan fingerprint density at radius 2 is 2.18 bits per heavy atom. The number of hydrogen-bond acceptors (Lipinski definition) is 1. The molecular formula is C8H9ClOZn. The van der Waals surface area contributed by atoms with Gasteiger partial charge in [0.2, 0.25) is 0 Å². The number of halogens is 1. The van der Waals surface area contributed by atoms with Crippen LogP contribution in [0.25, 0.3) is 0 Å². The molecule has 0 N–H and O–H groups in total. The molecule has 1 aromatic carbocycles. The fraction of sp³-hybridized carbons (Fsp3) is 0.250. The number of rotatable bonds is 2. The Balaban J connectivity index is 0.000001000. The topological polar surface area (TPSA) is 9.23 Å². The minimum absolute atomic E-state index is 0. The Morgan fingerprint density at radius 1 is 1.45 bits per heavy atom. The van der Waals surface area contributed by atoms with Gasteiger partial charge in [0.05, 0.1) is 0 Å². The molecule has 0 fully saturated rings. The van der Waals surface area contributed by atoms with Gasteiger partial charge in [-0.2, -0.15) is 0 Å². The monoisotopic (exact) mass is 220 g/mol. The van der Waals surface area contributed by atoms with Crippen LogP contribution < -0.4 is 17.1 Å². The molecule has 11 heavy (non-hydrogen) atoms. The van der Waals surface area contributed by atoms with Crippen molar-refractivity contribution in [1.82, 2.24) is 0 Å². The van der Waals surface area contributed by atoms with E-state index in [1.165, 1.54) is 28.9 Å². The van der Waals surface area contributed by atoms with Gasteiger partial charge in [-0.1, -0.05) is 0 Å². The van der Waals surface area contributed by atoms with Gasteiger partial charge in [0.1, 0.15) is 0 Å². The first-order valence-electron chi connectivity index (χ1n) is 3.29. The normalized spacial score (nSPS) is 8.64.